The fourth-order valence-corrected chi connectivity index (χ4v) is 4.23. The first-order valence-electron chi connectivity index (χ1n) is 10.1. The molecule has 9 heteroatoms. The van der Waals surface area contributed by atoms with Gasteiger partial charge < -0.3 is 14.5 Å². The Labute approximate surface area is 196 Å². The highest BCUT2D eigenvalue weighted by Crippen LogP contribution is 2.27. The molecule has 0 bridgehead atoms. The summed E-state index contributed by atoms with van der Waals surface area (Å²) in [6, 6.07) is 14.4. The van der Waals surface area contributed by atoms with Gasteiger partial charge in [0.05, 0.1) is 28.8 Å². The maximum Gasteiger partial charge on any atom is 0.255 e. The maximum atomic E-state index is 12.6. The van der Waals surface area contributed by atoms with Crippen LogP contribution in [0.15, 0.2) is 74.6 Å². The predicted octanol–water partition coefficient (Wildman–Crippen LogP) is 5.20. The minimum atomic E-state index is -3.70. The van der Waals surface area contributed by atoms with Crippen molar-refractivity contribution in [3.8, 4) is 5.75 Å². The molecule has 0 aliphatic carbocycles. The molecule has 0 spiro atoms. The van der Waals surface area contributed by atoms with Gasteiger partial charge in [0, 0.05) is 11.3 Å². The van der Waals surface area contributed by atoms with Gasteiger partial charge in [0.2, 0.25) is 10.0 Å². The van der Waals surface area contributed by atoms with E-state index < -0.39 is 10.0 Å². The number of carbonyl (C=O) groups is 1. The number of hydrogen-bond donors (Lipinski definition) is 2. The number of halogens is 1. The van der Waals surface area contributed by atoms with Crippen molar-refractivity contribution in [1.82, 2.24) is 4.72 Å². The number of anilines is 1. The lowest BCUT2D eigenvalue weighted by Crippen LogP contribution is -2.23. The number of hydrogen-bond acceptors (Lipinski definition) is 5. The van der Waals surface area contributed by atoms with Gasteiger partial charge in [-0.3, -0.25) is 4.79 Å². The summed E-state index contributed by atoms with van der Waals surface area (Å²) in [5.41, 5.74) is 0.929. The van der Waals surface area contributed by atoms with E-state index in [4.69, 9.17) is 9.15 Å². The van der Waals surface area contributed by atoms with Gasteiger partial charge >= 0.3 is 0 Å². The highest BCUT2D eigenvalue weighted by Gasteiger charge is 2.15. The number of carbonyl (C=O) groups excluding carboxylic acids is 1. The molecule has 32 heavy (non-hydrogen) atoms. The molecule has 0 unspecified atom stereocenters. The Bertz CT molecular complexity index is 1140. The molecule has 0 saturated heterocycles. The predicted molar refractivity (Wildman–Crippen MR) is 126 cm³/mol. The Morgan fingerprint density at radius 1 is 1.12 bits per heavy atom. The van der Waals surface area contributed by atoms with Crippen LogP contribution in [0.25, 0.3) is 0 Å². The van der Waals surface area contributed by atoms with Crippen molar-refractivity contribution in [1.29, 1.82) is 0 Å². The molecular formula is C23H25BrN2O5S. The number of sulfonamides is 1. The zero-order valence-electron chi connectivity index (χ0n) is 17.8. The molecule has 2 aromatic carbocycles. The number of benzene rings is 2. The molecule has 1 aromatic heterocycles. The van der Waals surface area contributed by atoms with E-state index in [1.54, 1.807) is 30.3 Å². The minimum absolute atomic E-state index is 0.0554. The number of furan rings is 1. The minimum Gasteiger partial charge on any atom is -0.492 e. The first kappa shape index (κ1) is 24.0. The van der Waals surface area contributed by atoms with E-state index in [-0.39, 0.29) is 17.3 Å². The molecule has 2 N–H and O–H groups in total. The molecule has 7 nitrogen and oxygen atoms in total. The fourth-order valence-electron chi connectivity index (χ4n) is 2.75. The Morgan fingerprint density at radius 3 is 2.50 bits per heavy atom. The normalized spacial score (nSPS) is 11.5. The van der Waals surface area contributed by atoms with Crippen LogP contribution in [0.1, 0.15) is 36.4 Å². The van der Waals surface area contributed by atoms with Crippen molar-refractivity contribution >= 4 is 37.5 Å². The summed E-state index contributed by atoms with van der Waals surface area (Å²) >= 11 is 3.44. The maximum absolute atomic E-state index is 12.6. The zero-order chi connectivity index (χ0) is 23.1. The van der Waals surface area contributed by atoms with Crippen LogP contribution in [0.5, 0.6) is 5.75 Å². The van der Waals surface area contributed by atoms with Crippen molar-refractivity contribution in [3.05, 3.63) is 76.7 Å². The SMILES string of the molecule is CC(C)CCOc1ccc(C(=O)Nc2ccc(S(=O)(=O)NCc3ccco3)cc2)cc1Br. The first-order chi connectivity index (χ1) is 15.2. The van der Waals surface area contributed by atoms with E-state index in [2.05, 4.69) is 39.8 Å². The van der Waals surface area contributed by atoms with Crippen LogP contribution in [0.3, 0.4) is 0 Å². The first-order valence-corrected chi connectivity index (χ1v) is 12.4. The van der Waals surface area contributed by atoms with Gasteiger partial charge in [-0.1, -0.05) is 13.8 Å². The zero-order valence-corrected chi connectivity index (χ0v) is 20.2. The third kappa shape index (κ3) is 6.69. The lowest BCUT2D eigenvalue weighted by Gasteiger charge is -2.11. The molecule has 0 aliphatic heterocycles. The Balaban J connectivity index is 1.60. The van der Waals surface area contributed by atoms with Gasteiger partial charge in [-0.25, -0.2) is 13.1 Å². The Kier molecular flexibility index (Phi) is 8.11. The summed E-state index contributed by atoms with van der Waals surface area (Å²) in [7, 11) is -3.70. The van der Waals surface area contributed by atoms with Crippen LogP contribution in [-0.4, -0.2) is 20.9 Å². The van der Waals surface area contributed by atoms with Crippen molar-refractivity contribution in [3.63, 3.8) is 0 Å². The number of nitrogens with one attached hydrogen (secondary N) is 2. The van der Waals surface area contributed by atoms with Gasteiger partial charge in [0.25, 0.3) is 5.91 Å². The highest BCUT2D eigenvalue weighted by molar-refractivity contribution is 9.10. The number of rotatable bonds is 10. The summed E-state index contributed by atoms with van der Waals surface area (Å²) in [6.07, 6.45) is 2.42. The summed E-state index contributed by atoms with van der Waals surface area (Å²) in [5.74, 6) is 1.43. The standard InChI is InChI=1S/C23H25BrN2O5S/c1-16(2)11-13-31-22-10-5-17(14-21(22)24)23(27)26-18-6-8-20(9-7-18)32(28,29)25-15-19-4-3-12-30-19/h3-10,12,14,16,25H,11,13,15H2,1-2H3,(H,26,27). The lowest BCUT2D eigenvalue weighted by atomic mass is 10.1. The Morgan fingerprint density at radius 2 is 1.88 bits per heavy atom. The van der Waals surface area contributed by atoms with Crippen LogP contribution < -0.4 is 14.8 Å². The molecule has 0 radical (unpaired) electrons. The van der Waals surface area contributed by atoms with Crippen LogP contribution in [0.4, 0.5) is 5.69 Å². The topological polar surface area (TPSA) is 97.6 Å². The molecule has 170 valence electrons. The van der Waals surface area contributed by atoms with Crippen LogP contribution in [0, 0.1) is 5.92 Å². The van der Waals surface area contributed by atoms with E-state index in [1.807, 2.05) is 0 Å². The van der Waals surface area contributed by atoms with Crippen molar-refractivity contribution < 1.29 is 22.4 Å². The highest BCUT2D eigenvalue weighted by atomic mass is 79.9. The summed E-state index contributed by atoms with van der Waals surface area (Å²) < 4.78 is 38.8. The average Bonchev–Trinajstić information content (AvgIpc) is 3.27. The smallest absolute Gasteiger partial charge is 0.255 e. The van der Waals surface area contributed by atoms with Crippen molar-refractivity contribution in [2.45, 2.75) is 31.7 Å². The van der Waals surface area contributed by atoms with Gasteiger partial charge in [0.1, 0.15) is 11.5 Å². The van der Waals surface area contributed by atoms with E-state index in [0.717, 1.165) is 6.42 Å². The third-order valence-corrected chi connectivity index (χ3v) is 6.62. The molecule has 0 atom stereocenters. The monoisotopic (exact) mass is 520 g/mol. The third-order valence-electron chi connectivity index (χ3n) is 4.59. The van der Waals surface area contributed by atoms with Gasteiger partial charge in [-0.2, -0.15) is 0 Å². The molecule has 1 heterocycles. The summed E-state index contributed by atoms with van der Waals surface area (Å²) in [5, 5.41) is 2.77. The number of ether oxygens (including phenoxy) is 1. The summed E-state index contributed by atoms with van der Waals surface area (Å²) in [4.78, 5) is 12.7. The van der Waals surface area contributed by atoms with E-state index in [9.17, 15) is 13.2 Å². The van der Waals surface area contributed by atoms with Gasteiger partial charge in [-0.05, 0) is 82.9 Å². The molecule has 0 saturated carbocycles. The number of amides is 1. The van der Waals surface area contributed by atoms with Crippen LogP contribution >= 0.6 is 15.9 Å². The fraction of sp³-hybridized carbons (Fsp3) is 0.261. The largest absolute Gasteiger partial charge is 0.492 e. The molecular weight excluding hydrogens is 496 g/mol. The van der Waals surface area contributed by atoms with E-state index >= 15 is 0 Å². The Hall–Kier alpha value is -2.62. The quantitative estimate of drug-likeness (QED) is 0.382. The van der Waals surface area contributed by atoms with E-state index in [0.29, 0.717) is 39.8 Å². The molecule has 3 rings (SSSR count). The van der Waals surface area contributed by atoms with Gasteiger partial charge in [0.15, 0.2) is 0 Å². The summed E-state index contributed by atoms with van der Waals surface area (Å²) in [6.45, 7) is 4.92. The van der Waals surface area contributed by atoms with Crippen molar-refractivity contribution in [2.75, 3.05) is 11.9 Å². The van der Waals surface area contributed by atoms with Crippen LogP contribution in [-0.2, 0) is 16.6 Å². The molecule has 0 aliphatic rings. The van der Waals surface area contributed by atoms with Crippen molar-refractivity contribution in [2.24, 2.45) is 5.92 Å². The molecule has 1 amide bonds. The van der Waals surface area contributed by atoms with Crippen LogP contribution in [0.2, 0.25) is 0 Å². The van der Waals surface area contributed by atoms with E-state index in [1.165, 1.54) is 30.5 Å². The molecule has 3 aromatic rings. The molecule has 0 fully saturated rings. The van der Waals surface area contributed by atoms with Gasteiger partial charge in [-0.15, -0.1) is 0 Å². The second-order valence-electron chi connectivity index (χ2n) is 7.56. The lowest BCUT2D eigenvalue weighted by molar-refractivity contribution is 0.102. The second-order valence-corrected chi connectivity index (χ2v) is 10.2. The average molecular weight is 521 g/mol. The second kappa shape index (κ2) is 10.8.